The number of carbonyl (C=O) groups excluding carboxylic acids is 1. The van der Waals surface area contributed by atoms with Crippen LogP contribution in [0.2, 0.25) is 0 Å². The predicted octanol–water partition coefficient (Wildman–Crippen LogP) is 2.10. The van der Waals surface area contributed by atoms with Crippen molar-refractivity contribution in [2.75, 3.05) is 5.32 Å². The van der Waals surface area contributed by atoms with Gasteiger partial charge in [0.25, 0.3) is 0 Å². The van der Waals surface area contributed by atoms with E-state index in [4.69, 9.17) is 4.74 Å². The summed E-state index contributed by atoms with van der Waals surface area (Å²) in [6.07, 6.45) is 3.54. The van der Waals surface area contributed by atoms with Gasteiger partial charge < -0.3 is 10.1 Å². The Labute approximate surface area is 126 Å². The minimum atomic E-state index is 0.0286. The quantitative estimate of drug-likeness (QED) is 0.800. The standard InChI is InChI=1S/C16H12N4O2/c21-14-7-11-6-10(3-4-13(11)20-14)8-22-16-12-2-1-5-17-15(12)18-9-19-16/h1-6,9H,7-8H2,(H,20,21). The molecular formula is C16H12N4O2. The Balaban J connectivity index is 1.57. The molecule has 0 saturated heterocycles. The van der Waals surface area contributed by atoms with Crippen LogP contribution in [0.3, 0.4) is 0 Å². The molecule has 1 amide bonds. The topological polar surface area (TPSA) is 77.0 Å². The molecule has 0 fully saturated rings. The Hall–Kier alpha value is -3.02. The van der Waals surface area contributed by atoms with Crippen LogP contribution in [0, 0.1) is 0 Å². The van der Waals surface area contributed by atoms with Crippen molar-refractivity contribution in [3.63, 3.8) is 0 Å². The number of amides is 1. The Morgan fingerprint density at radius 2 is 2.14 bits per heavy atom. The molecule has 0 unspecified atom stereocenters. The molecule has 1 aliphatic rings. The number of pyridine rings is 1. The maximum Gasteiger partial charge on any atom is 0.228 e. The van der Waals surface area contributed by atoms with E-state index in [1.165, 1.54) is 6.33 Å². The summed E-state index contributed by atoms with van der Waals surface area (Å²) in [7, 11) is 0. The summed E-state index contributed by atoms with van der Waals surface area (Å²) >= 11 is 0. The van der Waals surface area contributed by atoms with E-state index in [-0.39, 0.29) is 5.91 Å². The minimum Gasteiger partial charge on any atom is -0.472 e. The summed E-state index contributed by atoms with van der Waals surface area (Å²) in [4.78, 5) is 23.8. The highest BCUT2D eigenvalue weighted by Crippen LogP contribution is 2.25. The van der Waals surface area contributed by atoms with Gasteiger partial charge in [-0.05, 0) is 35.4 Å². The fourth-order valence-electron chi connectivity index (χ4n) is 2.51. The SMILES string of the molecule is O=C1Cc2cc(COc3ncnc4ncccc34)ccc2N1. The molecule has 2 aromatic heterocycles. The molecule has 4 rings (SSSR count). The van der Waals surface area contributed by atoms with Gasteiger partial charge in [0.05, 0.1) is 11.8 Å². The van der Waals surface area contributed by atoms with E-state index in [1.54, 1.807) is 6.20 Å². The van der Waals surface area contributed by atoms with E-state index in [1.807, 2.05) is 30.3 Å². The zero-order valence-corrected chi connectivity index (χ0v) is 11.6. The molecule has 0 spiro atoms. The lowest BCUT2D eigenvalue weighted by Gasteiger charge is -2.08. The van der Waals surface area contributed by atoms with E-state index in [0.29, 0.717) is 24.6 Å². The zero-order chi connectivity index (χ0) is 14.9. The van der Waals surface area contributed by atoms with Crippen molar-refractivity contribution >= 4 is 22.6 Å². The van der Waals surface area contributed by atoms with Crippen LogP contribution in [-0.2, 0) is 17.8 Å². The smallest absolute Gasteiger partial charge is 0.228 e. The first-order valence-electron chi connectivity index (χ1n) is 6.90. The summed E-state index contributed by atoms with van der Waals surface area (Å²) in [5.74, 6) is 0.536. The monoisotopic (exact) mass is 292 g/mol. The number of hydrogen-bond acceptors (Lipinski definition) is 5. The molecule has 0 bridgehead atoms. The lowest BCUT2D eigenvalue weighted by Crippen LogP contribution is -2.03. The van der Waals surface area contributed by atoms with Crippen molar-refractivity contribution < 1.29 is 9.53 Å². The third kappa shape index (κ3) is 2.24. The van der Waals surface area contributed by atoms with Crippen molar-refractivity contribution in [3.8, 4) is 5.88 Å². The van der Waals surface area contributed by atoms with E-state index in [9.17, 15) is 4.79 Å². The number of ether oxygens (including phenoxy) is 1. The average molecular weight is 292 g/mol. The second kappa shape index (κ2) is 5.07. The molecule has 0 atom stereocenters. The molecule has 22 heavy (non-hydrogen) atoms. The molecule has 6 nitrogen and oxygen atoms in total. The number of anilines is 1. The second-order valence-corrected chi connectivity index (χ2v) is 5.06. The molecule has 3 heterocycles. The largest absolute Gasteiger partial charge is 0.472 e. The molecule has 1 aliphatic heterocycles. The van der Waals surface area contributed by atoms with Crippen LogP contribution >= 0.6 is 0 Å². The Kier molecular flexibility index (Phi) is 2.93. The number of nitrogens with one attached hydrogen (secondary N) is 1. The van der Waals surface area contributed by atoms with Gasteiger partial charge in [-0.3, -0.25) is 4.79 Å². The number of aromatic nitrogens is 3. The molecule has 0 aliphatic carbocycles. The molecule has 0 radical (unpaired) electrons. The average Bonchev–Trinajstić information content (AvgIpc) is 2.92. The maximum absolute atomic E-state index is 11.4. The number of carbonyl (C=O) groups is 1. The second-order valence-electron chi connectivity index (χ2n) is 5.06. The third-order valence-corrected chi connectivity index (χ3v) is 3.54. The number of fused-ring (bicyclic) bond motifs is 2. The zero-order valence-electron chi connectivity index (χ0n) is 11.6. The first-order chi connectivity index (χ1) is 10.8. The lowest BCUT2D eigenvalue weighted by atomic mass is 10.1. The molecular weight excluding hydrogens is 280 g/mol. The van der Waals surface area contributed by atoms with E-state index in [2.05, 4.69) is 20.3 Å². The lowest BCUT2D eigenvalue weighted by molar-refractivity contribution is -0.115. The molecule has 1 N–H and O–H groups in total. The first kappa shape index (κ1) is 12.7. The van der Waals surface area contributed by atoms with E-state index < -0.39 is 0 Å². The maximum atomic E-state index is 11.4. The van der Waals surface area contributed by atoms with Gasteiger partial charge in [-0.25, -0.2) is 15.0 Å². The fraction of sp³-hybridized carbons (Fsp3) is 0.125. The number of hydrogen-bond donors (Lipinski definition) is 1. The number of benzene rings is 1. The third-order valence-electron chi connectivity index (χ3n) is 3.54. The highest BCUT2D eigenvalue weighted by atomic mass is 16.5. The Morgan fingerprint density at radius 1 is 1.18 bits per heavy atom. The van der Waals surface area contributed by atoms with Crippen molar-refractivity contribution in [3.05, 3.63) is 54.0 Å². The summed E-state index contributed by atoms with van der Waals surface area (Å²) in [5.41, 5.74) is 3.48. The summed E-state index contributed by atoms with van der Waals surface area (Å²) in [6, 6.07) is 9.52. The van der Waals surface area contributed by atoms with Crippen LogP contribution in [-0.4, -0.2) is 20.9 Å². The van der Waals surface area contributed by atoms with Crippen molar-refractivity contribution in [2.24, 2.45) is 0 Å². The first-order valence-corrected chi connectivity index (χ1v) is 6.90. The van der Waals surface area contributed by atoms with Crippen LogP contribution in [0.25, 0.3) is 11.0 Å². The highest BCUT2D eigenvalue weighted by Gasteiger charge is 2.17. The Bertz CT molecular complexity index is 874. The van der Waals surface area contributed by atoms with Crippen molar-refractivity contribution in [2.45, 2.75) is 13.0 Å². The fourth-order valence-corrected chi connectivity index (χ4v) is 2.51. The predicted molar refractivity (Wildman–Crippen MR) is 80.4 cm³/mol. The molecule has 1 aromatic carbocycles. The van der Waals surface area contributed by atoms with Crippen LogP contribution in [0.5, 0.6) is 5.88 Å². The van der Waals surface area contributed by atoms with E-state index >= 15 is 0 Å². The number of rotatable bonds is 3. The van der Waals surface area contributed by atoms with E-state index in [0.717, 1.165) is 22.2 Å². The van der Waals surface area contributed by atoms with Gasteiger partial charge in [0, 0.05) is 11.9 Å². The van der Waals surface area contributed by atoms with Gasteiger partial charge in [0.2, 0.25) is 11.8 Å². The Morgan fingerprint density at radius 3 is 3.09 bits per heavy atom. The summed E-state index contributed by atoms with van der Waals surface area (Å²) in [5, 5.41) is 3.59. The molecule has 6 heteroatoms. The minimum absolute atomic E-state index is 0.0286. The van der Waals surface area contributed by atoms with Crippen molar-refractivity contribution in [1.82, 2.24) is 15.0 Å². The van der Waals surface area contributed by atoms with Crippen LogP contribution in [0.15, 0.2) is 42.9 Å². The van der Waals surface area contributed by atoms with Gasteiger partial charge in [-0.2, -0.15) is 0 Å². The van der Waals surface area contributed by atoms with Crippen molar-refractivity contribution in [1.29, 1.82) is 0 Å². The van der Waals surface area contributed by atoms with Gasteiger partial charge in [-0.15, -0.1) is 0 Å². The highest BCUT2D eigenvalue weighted by molar-refractivity contribution is 5.99. The normalized spacial score (nSPS) is 13.0. The van der Waals surface area contributed by atoms with Crippen LogP contribution < -0.4 is 10.1 Å². The summed E-state index contributed by atoms with van der Waals surface area (Å²) in [6.45, 7) is 0.377. The van der Waals surface area contributed by atoms with Gasteiger partial charge in [-0.1, -0.05) is 6.07 Å². The molecule has 108 valence electrons. The van der Waals surface area contributed by atoms with Gasteiger partial charge in [0.1, 0.15) is 12.9 Å². The number of nitrogens with zero attached hydrogens (tertiary/aromatic N) is 3. The molecule has 0 saturated carbocycles. The summed E-state index contributed by atoms with van der Waals surface area (Å²) < 4.78 is 5.80. The van der Waals surface area contributed by atoms with Gasteiger partial charge >= 0.3 is 0 Å². The van der Waals surface area contributed by atoms with Crippen LogP contribution in [0.4, 0.5) is 5.69 Å². The molecule has 3 aromatic rings. The van der Waals surface area contributed by atoms with Gasteiger partial charge in [0.15, 0.2) is 5.65 Å². The van der Waals surface area contributed by atoms with Crippen LogP contribution in [0.1, 0.15) is 11.1 Å².